The molecule has 0 aliphatic heterocycles. The molecule has 1 aromatic carbocycles. The van der Waals surface area contributed by atoms with Gasteiger partial charge in [0, 0.05) is 0 Å². The molecule has 0 aromatic heterocycles. The minimum Gasteiger partial charge on any atom is -0.465 e. The first-order chi connectivity index (χ1) is 7.88. The fourth-order valence-corrected chi connectivity index (χ4v) is 1.03. The normalized spacial score (nSPS) is 11.4. The van der Waals surface area contributed by atoms with Crippen molar-refractivity contribution in [2.45, 2.75) is 12.5 Å². The van der Waals surface area contributed by atoms with Crippen molar-refractivity contribution < 1.29 is 31.8 Å². The zero-order valence-electron chi connectivity index (χ0n) is 8.62. The van der Waals surface area contributed by atoms with Gasteiger partial charge in [-0.25, -0.2) is 4.79 Å². The Bertz CT molecular complexity index is 406. The van der Waals surface area contributed by atoms with E-state index in [1.165, 1.54) is 12.1 Å². The van der Waals surface area contributed by atoms with E-state index in [0.717, 1.165) is 19.2 Å². The van der Waals surface area contributed by atoms with E-state index < -0.39 is 24.3 Å². The van der Waals surface area contributed by atoms with Crippen molar-refractivity contribution in [2.24, 2.45) is 0 Å². The molecule has 0 unspecified atom stereocenters. The molecule has 0 bridgehead atoms. The summed E-state index contributed by atoms with van der Waals surface area (Å²) in [5.74, 6) is -1.62. The van der Waals surface area contributed by atoms with E-state index in [1.807, 2.05) is 0 Å². The molecule has 0 atom stereocenters. The third-order valence-electron chi connectivity index (χ3n) is 1.79. The highest BCUT2D eigenvalue weighted by atomic mass is 19.3. The van der Waals surface area contributed by atoms with Crippen LogP contribution in [0.25, 0.3) is 0 Å². The maximum absolute atomic E-state index is 12.7. The van der Waals surface area contributed by atoms with Gasteiger partial charge in [0.1, 0.15) is 11.3 Å². The lowest BCUT2D eigenvalue weighted by molar-refractivity contribution is -0.253. The summed E-state index contributed by atoms with van der Waals surface area (Å²) in [6.07, 6.45) is -8.65. The van der Waals surface area contributed by atoms with Crippen LogP contribution in [0.2, 0.25) is 0 Å². The van der Waals surface area contributed by atoms with Crippen molar-refractivity contribution in [2.75, 3.05) is 7.11 Å². The van der Waals surface area contributed by atoms with Crippen molar-refractivity contribution in [1.29, 1.82) is 0 Å². The summed E-state index contributed by atoms with van der Waals surface area (Å²) in [6.45, 7) is 0. The number of benzene rings is 1. The number of methoxy groups -OCH3 is 1. The van der Waals surface area contributed by atoms with Gasteiger partial charge in [-0.1, -0.05) is 12.1 Å². The van der Waals surface area contributed by atoms with Crippen LogP contribution in [-0.4, -0.2) is 25.6 Å². The van der Waals surface area contributed by atoms with E-state index >= 15 is 0 Å². The smallest absolute Gasteiger partial charge is 0.461 e. The zero-order chi connectivity index (χ0) is 13.1. The standard InChI is InChI=1S/C10H8F4O3/c1-16-8(15)6-4-2-3-5-7(6)17-10(13,14)9(11)12/h2-5,9H,1H3. The van der Waals surface area contributed by atoms with Gasteiger partial charge in [-0.2, -0.15) is 17.6 Å². The monoisotopic (exact) mass is 252 g/mol. The number of carbonyl (C=O) groups excluding carboxylic acids is 1. The predicted octanol–water partition coefficient (Wildman–Crippen LogP) is 2.71. The minimum atomic E-state index is -4.66. The van der Waals surface area contributed by atoms with Crippen molar-refractivity contribution in [3.8, 4) is 5.75 Å². The summed E-state index contributed by atoms with van der Waals surface area (Å²) in [4.78, 5) is 11.2. The molecule has 0 saturated heterocycles. The molecule has 0 radical (unpaired) electrons. The topological polar surface area (TPSA) is 35.5 Å². The number of hydrogen-bond acceptors (Lipinski definition) is 3. The number of ether oxygens (including phenoxy) is 2. The molecule has 0 fully saturated rings. The molecule has 0 aliphatic carbocycles. The molecule has 1 rings (SSSR count). The Hall–Kier alpha value is -1.79. The Morgan fingerprint density at radius 2 is 1.88 bits per heavy atom. The summed E-state index contributed by atoms with van der Waals surface area (Å²) in [6, 6.07) is 4.73. The second-order valence-electron chi connectivity index (χ2n) is 2.95. The van der Waals surface area contributed by atoms with Crippen LogP contribution in [0.15, 0.2) is 24.3 Å². The van der Waals surface area contributed by atoms with Crippen molar-refractivity contribution >= 4 is 5.97 Å². The van der Waals surface area contributed by atoms with Crippen LogP contribution in [-0.2, 0) is 4.74 Å². The summed E-state index contributed by atoms with van der Waals surface area (Å²) < 4.78 is 57.3. The van der Waals surface area contributed by atoms with E-state index in [9.17, 15) is 22.4 Å². The Kier molecular flexibility index (Phi) is 3.93. The van der Waals surface area contributed by atoms with E-state index in [1.54, 1.807) is 0 Å². The number of esters is 1. The van der Waals surface area contributed by atoms with Gasteiger partial charge in [0.25, 0.3) is 0 Å². The minimum absolute atomic E-state index is 0.352. The molecule has 0 saturated carbocycles. The lowest BCUT2D eigenvalue weighted by Gasteiger charge is -2.18. The number of hydrogen-bond donors (Lipinski definition) is 0. The van der Waals surface area contributed by atoms with Gasteiger partial charge in [-0.15, -0.1) is 0 Å². The molecule has 3 nitrogen and oxygen atoms in total. The highest BCUT2D eigenvalue weighted by molar-refractivity contribution is 5.92. The molecule has 1 aromatic rings. The molecular weight excluding hydrogens is 244 g/mol. The molecule has 0 amide bonds. The average molecular weight is 252 g/mol. The first-order valence-electron chi connectivity index (χ1n) is 4.41. The van der Waals surface area contributed by atoms with Gasteiger partial charge in [-0.05, 0) is 12.1 Å². The first-order valence-corrected chi connectivity index (χ1v) is 4.41. The molecule has 0 N–H and O–H groups in total. The summed E-state index contributed by atoms with van der Waals surface area (Å²) in [5.41, 5.74) is -0.352. The maximum atomic E-state index is 12.7. The lowest BCUT2D eigenvalue weighted by Crippen LogP contribution is -2.34. The SMILES string of the molecule is COC(=O)c1ccccc1OC(F)(F)C(F)F. The van der Waals surface area contributed by atoms with Crippen LogP contribution in [0, 0.1) is 0 Å². The van der Waals surface area contributed by atoms with Crippen molar-refractivity contribution in [3.05, 3.63) is 29.8 Å². The molecule has 0 aliphatic rings. The lowest BCUT2D eigenvalue weighted by atomic mass is 10.2. The van der Waals surface area contributed by atoms with Gasteiger partial charge in [0.05, 0.1) is 7.11 Å². The maximum Gasteiger partial charge on any atom is 0.461 e. The fourth-order valence-electron chi connectivity index (χ4n) is 1.03. The third kappa shape index (κ3) is 3.08. The number of carbonyl (C=O) groups is 1. The van der Waals surface area contributed by atoms with Gasteiger partial charge >= 0.3 is 18.5 Å². The predicted molar refractivity (Wildman–Crippen MR) is 49.4 cm³/mol. The van der Waals surface area contributed by atoms with Crippen LogP contribution >= 0.6 is 0 Å². The molecule has 17 heavy (non-hydrogen) atoms. The van der Waals surface area contributed by atoms with E-state index in [4.69, 9.17) is 0 Å². The van der Waals surface area contributed by atoms with Gasteiger partial charge in [-0.3, -0.25) is 0 Å². The van der Waals surface area contributed by atoms with Crippen LogP contribution in [0.3, 0.4) is 0 Å². The second kappa shape index (κ2) is 5.03. The van der Waals surface area contributed by atoms with E-state index in [-0.39, 0.29) is 5.56 Å². The summed E-state index contributed by atoms with van der Waals surface area (Å²) in [5, 5.41) is 0. The average Bonchev–Trinajstić information content (AvgIpc) is 2.28. The second-order valence-corrected chi connectivity index (χ2v) is 2.95. The highest BCUT2D eigenvalue weighted by Gasteiger charge is 2.44. The number of para-hydroxylation sites is 1. The van der Waals surface area contributed by atoms with E-state index in [2.05, 4.69) is 9.47 Å². The molecule has 7 heteroatoms. The third-order valence-corrected chi connectivity index (χ3v) is 1.79. The Morgan fingerprint density at radius 1 is 1.29 bits per heavy atom. The molecule has 0 spiro atoms. The zero-order valence-corrected chi connectivity index (χ0v) is 8.62. The fraction of sp³-hybridized carbons (Fsp3) is 0.300. The van der Waals surface area contributed by atoms with Crippen LogP contribution in [0.4, 0.5) is 17.6 Å². The Balaban J connectivity index is 3.03. The van der Waals surface area contributed by atoms with Gasteiger partial charge < -0.3 is 9.47 Å². The quantitative estimate of drug-likeness (QED) is 0.610. The van der Waals surface area contributed by atoms with Crippen LogP contribution in [0.5, 0.6) is 5.75 Å². The molecular formula is C10H8F4O3. The van der Waals surface area contributed by atoms with Crippen LogP contribution < -0.4 is 4.74 Å². The Morgan fingerprint density at radius 3 is 2.41 bits per heavy atom. The first kappa shape index (κ1) is 13.3. The number of halogens is 4. The number of alkyl halides is 4. The van der Waals surface area contributed by atoms with Crippen LogP contribution in [0.1, 0.15) is 10.4 Å². The molecule has 94 valence electrons. The molecule has 0 heterocycles. The Labute approximate surface area is 93.9 Å². The van der Waals surface area contributed by atoms with E-state index in [0.29, 0.717) is 0 Å². The van der Waals surface area contributed by atoms with Crippen molar-refractivity contribution in [1.82, 2.24) is 0 Å². The van der Waals surface area contributed by atoms with Crippen molar-refractivity contribution in [3.63, 3.8) is 0 Å². The number of rotatable bonds is 4. The largest absolute Gasteiger partial charge is 0.465 e. The highest BCUT2D eigenvalue weighted by Crippen LogP contribution is 2.29. The summed E-state index contributed by atoms with van der Waals surface area (Å²) in [7, 11) is 1.03. The summed E-state index contributed by atoms with van der Waals surface area (Å²) >= 11 is 0. The van der Waals surface area contributed by atoms with Gasteiger partial charge in [0.15, 0.2) is 0 Å². The van der Waals surface area contributed by atoms with Gasteiger partial charge in [0.2, 0.25) is 0 Å².